The first kappa shape index (κ1) is 11.4. The van der Waals surface area contributed by atoms with Crippen LogP contribution in [0, 0.1) is 0 Å². The normalized spacial score (nSPS) is 11.2. The van der Waals surface area contributed by atoms with Gasteiger partial charge in [0.05, 0.1) is 12.7 Å². The van der Waals surface area contributed by atoms with E-state index in [1.807, 2.05) is 0 Å². The summed E-state index contributed by atoms with van der Waals surface area (Å²) in [6.07, 6.45) is 0. The molecule has 1 rings (SSSR count). The Kier molecular flexibility index (Phi) is 2.92. The molecule has 82 valence electrons. The van der Waals surface area contributed by atoms with Gasteiger partial charge in [-0.25, -0.2) is 4.79 Å². The number of nitrogens with two attached hydrogens (primary N) is 1. The van der Waals surface area contributed by atoms with Crippen molar-refractivity contribution >= 4 is 24.1 Å². The highest BCUT2D eigenvalue weighted by atomic mass is 19.4. The minimum atomic E-state index is -5.15. The van der Waals surface area contributed by atoms with Crippen molar-refractivity contribution in [2.24, 2.45) is 0 Å². The van der Waals surface area contributed by atoms with Crippen molar-refractivity contribution in [1.82, 2.24) is 0 Å². The molecule has 15 heavy (non-hydrogen) atoms. The number of hydrogen-bond acceptors (Lipinski definition) is 3. The molecule has 3 nitrogen and oxygen atoms in total. The molecule has 7 heteroatoms. The molecule has 0 amide bonds. The van der Waals surface area contributed by atoms with Crippen LogP contribution in [0.5, 0.6) is 0 Å². The second-order valence-electron chi connectivity index (χ2n) is 2.91. The number of esters is 1. The number of halogens is 3. The van der Waals surface area contributed by atoms with Gasteiger partial charge in [0, 0.05) is 5.69 Å². The number of rotatable bonds is 2. The zero-order valence-electron chi connectivity index (χ0n) is 7.84. The van der Waals surface area contributed by atoms with Crippen molar-refractivity contribution in [3.05, 3.63) is 23.8 Å². The van der Waals surface area contributed by atoms with Crippen LogP contribution in [0.2, 0.25) is 0 Å². The van der Waals surface area contributed by atoms with E-state index < -0.39 is 24.1 Å². The lowest BCUT2D eigenvalue weighted by atomic mass is 9.78. The number of benzene rings is 1. The Hall–Kier alpha value is -1.66. The SMILES string of the molecule is COC(=O)c1ccc([B-](F)(F)F)c(N)c1. The van der Waals surface area contributed by atoms with Gasteiger partial charge in [0.15, 0.2) is 0 Å². The Bertz CT molecular complexity index is 392. The van der Waals surface area contributed by atoms with Gasteiger partial charge in [-0.3, -0.25) is 0 Å². The van der Waals surface area contributed by atoms with Crippen molar-refractivity contribution in [1.29, 1.82) is 0 Å². The minimum absolute atomic E-state index is 0.00111. The summed E-state index contributed by atoms with van der Waals surface area (Å²) in [5, 5.41) is 0. The Morgan fingerprint density at radius 1 is 1.40 bits per heavy atom. The van der Waals surface area contributed by atoms with Gasteiger partial charge in [-0.05, 0) is 6.07 Å². The van der Waals surface area contributed by atoms with E-state index in [9.17, 15) is 17.7 Å². The van der Waals surface area contributed by atoms with Gasteiger partial charge in [0.1, 0.15) is 0 Å². The number of carbonyl (C=O) groups is 1. The van der Waals surface area contributed by atoms with Crippen molar-refractivity contribution in [3.63, 3.8) is 0 Å². The maximum absolute atomic E-state index is 12.3. The van der Waals surface area contributed by atoms with Gasteiger partial charge in [-0.2, -0.15) is 0 Å². The third-order valence-corrected chi connectivity index (χ3v) is 1.86. The van der Waals surface area contributed by atoms with E-state index in [-0.39, 0.29) is 5.56 Å². The molecule has 0 radical (unpaired) electrons. The fraction of sp³-hybridized carbons (Fsp3) is 0.125. The second kappa shape index (κ2) is 3.84. The second-order valence-corrected chi connectivity index (χ2v) is 2.91. The van der Waals surface area contributed by atoms with E-state index in [0.717, 1.165) is 25.3 Å². The summed E-state index contributed by atoms with van der Waals surface area (Å²) >= 11 is 0. The molecule has 0 heterocycles. The van der Waals surface area contributed by atoms with E-state index in [4.69, 9.17) is 5.73 Å². The molecule has 0 spiro atoms. The van der Waals surface area contributed by atoms with Crippen LogP contribution in [-0.2, 0) is 4.74 Å². The number of carbonyl (C=O) groups excluding carboxylic acids is 1. The van der Waals surface area contributed by atoms with Crippen LogP contribution in [-0.4, -0.2) is 20.1 Å². The van der Waals surface area contributed by atoms with Crippen molar-refractivity contribution < 1.29 is 22.5 Å². The van der Waals surface area contributed by atoms with Crippen molar-refractivity contribution in [2.45, 2.75) is 0 Å². The van der Waals surface area contributed by atoms with Crippen LogP contribution in [0.1, 0.15) is 10.4 Å². The molecule has 2 N–H and O–H groups in total. The molecule has 0 bridgehead atoms. The van der Waals surface area contributed by atoms with Crippen LogP contribution in [0.25, 0.3) is 0 Å². The third-order valence-electron chi connectivity index (χ3n) is 1.86. The van der Waals surface area contributed by atoms with Crippen LogP contribution in [0.3, 0.4) is 0 Å². The highest BCUT2D eigenvalue weighted by Gasteiger charge is 2.28. The summed E-state index contributed by atoms with van der Waals surface area (Å²) in [5.41, 5.74) is 3.82. The summed E-state index contributed by atoms with van der Waals surface area (Å²) in [6, 6.07) is 2.77. The van der Waals surface area contributed by atoms with E-state index in [0.29, 0.717) is 0 Å². The van der Waals surface area contributed by atoms with Gasteiger partial charge < -0.3 is 23.4 Å². The van der Waals surface area contributed by atoms with Gasteiger partial charge in [0.25, 0.3) is 0 Å². The number of anilines is 1. The van der Waals surface area contributed by atoms with Gasteiger partial charge in [-0.1, -0.05) is 17.6 Å². The Balaban J connectivity index is 3.15. The van der Waals surface area contributed by atoms with E-state index in [2.05, 4.69) is 4.74 Å². The third kappa shape index (κ3) is 2.42. The van der Waals surface area contributed by atoms with Crippen molar-refractivity contribution in [3.8, 4) is 0 Å². The summed E-state index contributed by atoms with van der Waals surface area (Å²) in [4.78, 5) is 11.0. The lowest BCUT2D eigenvalue weighted by molar-refractivity contribution is 0.0601. The molecule has 0 saturated carbocycles. The number of ether oxygens (including phenoxy) is 1. The monoisotopic (exact) mass is 218 g/mol. The zero-order valence-corrected chi connectivity index (χ0v) is 7.84. The fourth-order valence-electron chi connectivity index (χ4n) is 1.12. The first-order chi connectivity index (χ1) is 6.86. The van der Waals surface area contributed by atoms with E-state index in [1.54, 1.807) is 0 Å². The van der Waals surface area contributed by atoms with Gasteiger partial charge >= 0.3 is 12.9 Å². The standard InChI is InChI=1S/C8H8BF3NO2/c1-15-8(14)5-2-3-6(7(13)4-5)9(10,11)12/h2-4H,13H2,1H3/q-1. The maximum atomic E-state index is 12.3. The quantitative estimate of drug-likeness (QED) is 0.459. The Labute approximate surface area is 84.1 Å². The Morgan fingerprint density at radius 3 is 2.40 bits per heavy atom. The van der Waals surface area contributed by atoms with Crippen LogP contribution < -0.4 is 11.2 Å². The van der Waals surface area contributed by atoms with Crippen LogP contribution in [0.15, 0.2) is 18.2 Å². The molecule has 0 aliphatic rings. The number of methoxy groups -OCH3 is 1. The topological polar surface area (TPSA) is 52.3 Å². The first-order valence-corrected chi connectivity index (χ1v) is 4.04. The van der Waals surface area contributed by atoms with Crippen LogP contribution >= 0.6 is 0 Å². The molecular weight excluding hydrogens is 210 g/mol. The van der Waals surface area contributed by atoms with Crippen LogP contribution in [0.4, 0.5) is 18.6 Å². The van der Waals surface area contributed by atoms with E-state index in [1.165, 1.54) is 0 Å². The molecule has 0 atom stereocenters. The molecule has 0 fully saturated rings. The summed E-state index contributed by atoms with van der Waals surface area (Å²) in [5.74, 6) is -0.720. The molecule has 1 aromatic rings. The van der Waals surface area contributed by atoms with Gasteiger partial charge in [-0.15, -0.1) is 0 Å². The minimum Gasteiger partial charge on any atom is -0.465 e. The lowest BCUT2D eigenvalue weighted by Gasteiger charge is -2.17. The van der Waals surface area contributed by atoms with Gasteiger partial charge in [0.2, 0.25) is 0 Å². The molecular formula is C8H8BF3NO2-. The average molecular weight is 218 g/mol. The average Bonchev–Trinajstić information content (AvgIpc) is 2.14. The smallest absolute Gasteiger partial charge is 0.465 e. The molecule has 0 saturated heterocycles. The highest BCUT2D eigenvalue weighted by Crippen LogP contribution is 2.15. The predicted molar refractivity (Wildman–Crippen MR) is 50.9 cm³/mol. The molecule has 0 aromatic heterocycles. The summed E-state index contributed by atoms with van der Waals surface area (Å²) in [6.45, 7) is -5.15. The largest absolute Gasteiger partial charge is 0.511 e. The van der Waals surface area contributed by atoms with Crippen molar-refractivity contribution in [2.75, 3.05) is 12.8 Å². The number of hydrogen-bond donors (Lipinski definition) is 1. The fourth-order valence-corrected chi connectivity index (χ4v) is 1.12. The Morgan fingerprint density at radius 2 is 2.00 bits per heavy atom. The van der Waals surface area contributed by atoms with E-state index >= 15 is 0 Å². The zero-order chi connectivity index (χ0) is 11.6. The first-order valence-electron chi connectivity index (χ1n) is 4.04. The predicted octanol–water partition coefficient (Wildman–Crippen LogP) is 1.11. The molecule has 1 aromatic carbocycles. The lowest BCUT2D eigenvalue weighted by Crippen LogP contribution is -2.36. The maximum Gasteiger partial charge on any atom is 0.511 e. The summed E-state index contributed by atoms with van der Waals surface area (Å²) in [7, 11) is 1.14. The molecule has 0 aliphatic heterocycles. The molecule has 0 unspecified atom stereocenters. The highest BCUT2D eigenvalue weighted by molar-refractivity contribution is 6.75. The molecule has 0 aliphatic carbocycles. The number of nitrogen functional groups attached to an aromatic ring is 1. The summed E-state index contributed by atoms with van der Waals surface area (Å²) < 4.78 is 41.3.